The summed E-state index contributed by atoms with van der Waals surface area (Å²) in [6, 6.07) is 18.1. The van der Waals surface area contributed by atoms with E-state index in [0.717, 1.165) is 50.5 Å². The number of piperidine rings is 1. The third-order valence-electron chi connectivity index (χ3n) is 5.38. The minimum atomic E-state index is -3.15. The first-order valence-corrected chi connectivity index (χ1v) is 12.4. The summed E-state index contributed by atoms with van der Waals surface area (Å²) >= 11 is 0. The molecule has 0 aromatic heterocycles. The first-order chi connectivity index (χ1) is 14.4. The topological polar surface area (TPSA) is 73.8 Å². The van der Waals surface area contributed by atoms with E-state index in [0.29, 0.717) is 10.9 Å². The van der Waals surface area contributed by atoms with Gasteiger partial charge in [0, 0.05) is 39.0 Å². The Bertz CT molecular complexity index is 934. The van der Waals surface area contributed by atoms with Gasteiger partial charge in [-0.05, 0) is 49.1 Å². The largest absolute Gasteiger partial charge is 0.356 e. The summed E-state index contributed by atoms with van der Waals surface area (Å²) in [5.41, 5.74) is 2.44. The van der Waals surface area contributed by atoms with E-state index in [1.807, 2.05) is 12.1 Å². The van der Waals surface area contributed by atoms with Gasteiger partial charge in [0.15, 0.2) is 15.8 Å². The molecule has 1 aliphatic heterocycles. The number of aliphatic imine (C=N–C) groups is 1. The number of likely N-dealkylation sites (tertiary alicyclic amines) is 1. The number of hydrogen-bond donors (Lipinski definition) is 2. The molecule has 0 saturated carbocycles. The van der Waals surface area contributed by atoms with E-state index in [-0.39, 0.29) is 24.0 Å². The molecule has 1 aliphatic rings. The average Bonchev–Trinajstić information content (AvgIpc) is 2.74. The lowest BCUT2D eigenvalue weighted by Crippen LogP contribution is -2.51. The van der Waals surface area contributed by atoms with Crippen molar-refractivity contribution in [3.63, 3.8) is 0 Å². The Labute approximate surface area is 203 Å². The highest BCUT2D eigenvalue weighted by Gasteiger charge is 2.20. The van der Waals surface area contributed by atoms with Gasteiger partial charge in [-0.25, -0.2) is 8.42 Å². The van der Waals surface area contributed by atoms with Crippen LogP contribution in [0.3, 0.4) is 0 Å². The second kappa shape index (κ2) is 12.4. The summed E-state index contributed by atoms with van der Waals surface area (Å²) < 4.78 is 23.1. The van der Waals surface area contributed by atoms with E-state index in [9.17, 15) is 8.42 Å². The predicted octanol–water partition coefficient (Wildman–Crippen LogP) is 3.08. The van der Waals surface area contributed by atoms with Crippen LogP contribution in [-0.2, 0) is 22.8 Å². The molecule has 1 saturated heterocycles. The maximum absolute atomic E-state index is 11.6. The molecule has 1 heterocycles. The highest BCUT2D eigenvalue weighted by Crippen LogP contribution is 2.14. The number of benzene rings is 2. The third kappa shape index (κ3) is 8.42. The third-order valence-corrected chi connectivity index (χ3v) is 6.51. The van der Waals surface area contributed by atoms with Crippen LogP contribution in [0.4, 0.5) is 0 Å². The van der Waals surface area contributed by atoms with Crippen molar-refractivity contribution in [2.45, 2.75) is 36.7 Å². The number of guanidine groups is 1. The van der Waals surface area contributed by atoms with Gasteiger partial charge in [-0.1, -0.05) is 42.5 Å². The van der Waals surface area contributed by atoms with Crippen LogP contribution in [0.1, 0.15) is 24.0 Å². The number of sulfone groups is 1. The van der Waals surface area contributed by atoms with Crippen LogP contribution >= 0.6 is 24.0 Å². The SMILES string of the molecule is CN=C(NCCc1ccc(S(C)(=O)=O)cc1)NC1CCCN(Cc2ccccc2)C1.I. The minimum Gasteiger partial charge on any atom is -0.356 e. The lowest BCUT2D eigenvalue weighted by Gasteiger charge is -2.34. The van der Waals surface area contributed by atoms with Gasteiger partial charge in [0.25, 0.3) is 0 Å². The van der Waals surface area contributed by atoms with Crippen molar-refractivity contribution < 1.29 is 8.42 Å². The van der Waals surface area contributed by atoms with Gasteiger partial charge in [0.05, 0.1) is 4.90 Å². The van der Waals surface area contributed by atoms with Crippen molar-refractivity contribution in [3.05, 3.63) is 65.7 Å². The van der Waals surface area contributed by atoms with E-state index < -0.39 is 9.84 Å². The zero-order valence-electron chi connectivity index (χ0n) is 18.3. The van der Waals surface area contributed by atoms with Gasteiger partial charge in [-0.15, -0.1) is 24.0 Å². The van der Waals surface area contributed by atoms with Crippen LogP contribution < -0.4 is 10.6 Å². The van der Waals surface area contributed by atoms with Gasteiger partial charge >= 0.3 is 0 Å². The molecule has 0 aliphatic carbocycles. The molecule has 31 heavy (non-hydrogen) atoms. The maximum atomic E-state index is 11.6. The van der Waals surface area contributed by atoms with Gasteiger partial charge in [-0.2, -0.15) is 0 Å². The van der Waals surface area contributed by atoms with Crippen molar-refractivity contribution >= 4 is 39.8 Å². The van der Waals surface area contributed by atoms with Gasteiger partial charge in [0.2, 0.25) is 0 Å². The van der Waals surface area contributed by atoms with E-state index in [2.05, 4.69) is 50.9 Å². The highest BCUT2D eigenvalue weighted by atomic mass is 127. The Kier molecular flexibility index (Phi) is 10.2. The fourth-order valence-corrected chi connectivity index (χ4v) is 4.41. The Hall–Kier alpha value is -1.65. The van der Waals surface area contributed by atoms with Crippen molar-refractivity contribution in [1.29, 1.82) is 0 Å². The number of nitrogens with zero attached hydrogens (tertiary/aromatic N) is 2. The summed E-state index contributed by atoms with van der Waals surface area (Å²) in [6.45, 7) is 3.85. The molecule has 0 amide bonds. The molecule has 2 N–H and O–H groups in total. The Morgan fingerprint density at radius 1 is 1.10 bits per heavy atom. The fraction of sp³-hybridized carbons (Fsp3) is 0.435. The van der Waals surface area contributed by atoms with E-state index in [1.165, 1.54) is 18.2 Å². The van der Waals surface area contributed by atoms with Crippen LogP contribution in [0.5, 0.6) is 0 Å². The summed E-state index contributed by atoms with van der Waals surface area (Å²) in [5, 5.41) is 6.93. The van der Waals surface area contributed by atoms with Gasteiger partial charge in [-0.3, -0.25) is 9.89 Å². The molecule has 1 unspecified atom stereocenters. The Balaban J connectivity index is 0.00000341. The summed E-state index contributed by atoms with van der Waals surface area (Å²) in [7, 11) is -1.35. The highest BCUT2D eigenvalue weighted by molar-refractivity contribution is 14.0. The molecular weight excluding hydrogens is 523 g/mol. The molecule has 2 aromatic rings. The van der Waals surface area contributed by atoms with Crippen molar-refractivity contribution in [2.75, 3.05) is 32.9 Å². The maximum Gasteiger partial charge on any atom is 0.191 e. The lowest BCUT2D eigenvalue weighted by molar-refractivity contribution is 0.192. The van der Waals surface area contributed by atoms with Gasteiger partial charge in [0.1, 0.15) is 0 Å². The smallest absolute Gasteiger partial charge is 0.191 e. The van der Waals surface area contributed by atoms with Crippen molar-refractivity contribution in [2.24, 2.45) is 4.99 Å². The molecule has 8 heteroatoms. The number of hydrogen-bond acceptors (Lipinski definition) is 4. The van der Waals surface area contributed by atoms with Crippen LogP contribution in [0, 0.1) is 0 Å². The molecule has 3 rings (SSSR count). The summed E-state index contributed by atoms with van der Waals surface area (Å²) in [6.07, 6.45) is 4.34. The Morgan fingerprint density at radius 2 is 1.81 bits per heavy atom. The zero-order valence-corrected chi connectivity index (χ0v) is 21.4. The molecule has 0 spiro atoms. The molecule has 0 radical (unpaired) electrons. The molecule has 1 fully saturated rings. The monoisotopic (exact) mass is 556 g/mol. The average molecular weight is 557 g/mol. The number of nitrogens with one attached hydrogen (secondary N) is 2. The van der Waals surface area contributed by atoms with Crippen LogP contribution in [0.25, 0.3) is 0 Å². The van der Waals surface area contributed by atoms with E-state index in [4.69, 9.17) is 0 Å². The predicted molar refractivity (Wildman–Crippen MR) is 138 cm³/mol. The van der Waals surface area contributed by atoms with E-state index >= 15 is 0 Å². The summed E-state index contributed by atoms with van der Waals surface area (Å²) in [4.78, 5) is 7.21. The molecule has 1 atom stereocenters. The normalized spacial score (nSPS) is 17.6. The molecule has 0 bridgehead atoms. The second-order valence-electron chi connectivity index (χ2n) is 7.87. The van der Waals surface area contributed by atoms with Crippen LogP contribution in [0.2, 0.25) is 0 Å². The molecule has 2 aromatic carbocycles. The Morgan fingerprint density at radius 3 is 2.45 bits per heavy atom. The number of halogens is 1. The number of rotatable bonds is 7. The minimum absolute atomic E-state index is 0. The molecule has 170 valence electrons. The standard InChI is InChI=1S/C23H32N4O2S.HI/c1-24-23(25-15-14-19-10-12-22(13-11-19)30(2,28)29)26-21-9-6-16-27(18-21)17-20-7-4-3-5-8-20;/h3-5,7-8,10-13,21H,6,9,14-18H2,1-2H3,(H2,24,25,26);1H. The fourth-order valence-electron chi connectivity index (χ4n) is 3.78. The second-order valence-corrected chi connectivity index (χ2v) is 9.89. The van der Waals surface area contributed by atoms with Crippen LogP contribution in [-0.4, -0.2) is 58.3 Å². The quantitative estimate of drug-likeness (QED) is 0.312. The van der Waals surface area contributed by atoms with Crippen molar-refractivity contribution in [3.8, 4) is 0 Å². The van der Waals surface area contributed by atoms with Gasteiger partial charge < -0.3 is 10.6 Å². The van der Waals surface area contributed by atoms with Crippen LogP contribution in [0.15, 0.2) is 64.5 Å². The lowest BCUT2D eigenvalue weighted by atomic mass is 10.0. The molecular formula is C23H33IN4O2S. The van der Waals surface area contributed by atoms with E-state index in [1.54, 1.807) is 19.2 Å². The zero-order chi connectivity index (χ0) is 21.4. The first kappa shape index (κ1) is 25.6. The molecule has 6 nitrogen and oxygen atoms in total. The summed E-state index contributed by atoms with van der Waals surface area (Å²) in [5.74, 6) is 0.814. The first-order valence-electron chi connectivity index (χ1n) is 10.5. The van der Waals surface area contributed by atoms with Crippen molar-refractivity contribution in [1.82, 2.24) is 15.5 Å².